The van der Waals surface area contributed by atoms with E-state index in [1.54, 1.807) is 0 Å². The van der Waals surface area contributed by atoms with E-state index in [-0.39, 0.29) is 0 Å². The van der Waals surface area contributed by atoms with Gasteiger partial charge in [0, 0.05) is 10.0 Å². The van der Waals surface area contributed by atoms with E-state index in [0.29, 0.717) is 5.92 Å². The summed E-state index contributed by atoms with van der Waals surface area (Å²) in [6.07, 6.45) is 4.69. The minimum absolute atomic E-state index is 0.698. The lowest BCUT2D eigenvalue weighted by Gasteiger charge is -2.04. The fourth-order valence-corrected chi connectivity index (χ4v) is 2.61. The number of rotatable bonds is 3. The van der Waals surface area contributed by atoms with Gasteiger partial charge in [0.05, 0.1) is 0 Å². The van der Waals surface area contributed by atoms with Crippen LogP contribution in [0.4, 0.5) is 0 Å². The molecule has 0 aromatic heterocycles. The maximum absolute atomic E-state index is 3.54. The quantitative estimate of drug-likeness (QED) is 0.620. The molecule has 0 amide bonds. The Kier molecular flexibility index (Phi) is 3.91. The molecular weight excluding hydrogens is 308 g/mol. The first-order valence-electron chi connectivity index (χ1n) is 7.01. The molecule has 2 aromatic carbocycles. The van der Waals surface area contributed by atoms with Crippen LogP contribution in [-0.2, 0) is 0 Å². The second kappa shape index (κ2) is 5.83. The molecule has 0 bridgehead atoms. The lowest BCUT2D eigenvalue weighted by Crippen LogP contribution is -1.86. The molecule has 1 aliphatic carbocycles. The zero-order valence-corrected chi connectivity index (χ0v) is 13.2. The first-order valence-corrected chi connectivity index (χ1v) is 7.81. The van der Waals surface area contributed by atoms with E-state index in [1.165, 1.54) is 35.1 Å². The molecule has 0 heterocycles. The van der Waals surface area contributed by atoms with Gasteiger partial charge in [0.1, 0.15) is 0 Å². The Morgan fingerprint density at radius 1 is 1.15 bits per heavy atom. The minimum atomic E-state index is 0.698. The zero-order chi connectivity index (χ0) is 13.9. The topological polar surface area (TPSA) is 0 Å². The maximum Gasteiger partial charge on any atom is 0.0175 e. The predicted octanol–water partition coefficient (Wildman–Crippen LogP) is 5.86. The van der Waals surface area contributed by atoms with Crippen LogP contribution in [-0.4, -0.2) is 0 Å². The molecule has 0 spiro atoms. The third-order valence-corrected chi connectivity index (χ3v) is 4.11. The lowest BCUT2D eigenvalue weighted by molar-refractivity contribution is 1.15. The van der Waals surface area contributed by atoms with E-state index in [0.717, 1.165) is 4.47 Å². The number of hydrogen-bond acceptors (Lipinski definition) is 0. The van der Waals surface area contributed by atoms with Gasteiger partial charge in [-0.2, -0.15) is 0 Å². The van der Waals surface area contributed by atoms with Crippen LogP contribution in [0.1, 0.15) is 29.5 Å². The van der Waals surface area contributed by atoms with Gasteiger partial charge in [-0.1, -0.05) is 57.9 Å². The summed E-state index contributed by atoms with van der Waals surface area (Å²) in [6.45, 7) is 2.15. The van der Waals surface area contributed by atoms with E-state index in [2.05, 4.69) is 83.2 Å². The van der Waals surface area contributed by atoms with Gasteiger partial charge < -0.3 is 0 Å². The molecule has 2 aromatic rings. The summed E-state index contributed by atoms with van der Waals surface area (Å²) in [5.74, 6) is 0.698. The number of halogens is 1. The summed E-state index contributed by atoms with van der Waals surface area (Å²) in [5, 5.41) is 0. The van der Waals surface area contributed by atoms with Crippen molar-refractivity contribution in [2.45, 2.75) is 19.8 Å². The molecule has 0 atom stereocenters. The molecule has 1 aliphatic rings. The van der Waals surface area contributed by atoms with Crippen LogP contribution in [0.5, 0.6) is 0 Å². The average Bonchev–Trinajstić information content (AvgIpc) is 3.26. The minimum Gasteiger partial charge on any atom is -0.116 e. The molecule has 0 unspecified atom stereocenters. The number of aryl methyl sites for hydroxylation is 1. The third-order valence-electron chi connectivity index (χ3n) is 3.58. The van der Waals surface area contributed by atoms with Gasteiger partial charge in [-0.15, -0.1) is 5.73 Å². The van der Waals surface area contributed by atoms with Gasteiger partial charge in [0.15, 0.2) is 0 Å². The summed E-state index contributed by atoms with van der Waals surface area (Å²) < 4.78 is 1.11. The number of benzene rings is 2. The number of hydrogen-bond donors (Lipinski definition) is 0. The molecular formula is C19H17Br. The molecule has 0 nitrogen and oxygen atoms in total. The second-order valence-electron chi connectivity index (χ2n) is 5.40. The summed E-state index contributed by atoms with van der Waals surface area (Å²) in [6, 6.07) is 17.1. The van der Waals surface area contributed by atoms with Gasteiger partial charge in [-0.3, -0.25) is 0 Å². The average molecular weight is 325 g/mol. The molecule has 100 valence electrons. The SMILES string of the molecule is Cc1cccc(C(=C=Cc2ccc(Br)cc2)C2CC2)c1. The smallest absolute Gasteiger partial charge is 0.0175 e. The van der Waals surface area contributed by atoms with E-state index in [9.17, 15) is 0 Å². The molecule has 20 heavy (non-hydrogen) atoms. The van der Waals surface area contributed by atoms with E-state index >= 15 is 0 Å². The monoisotopic (exact) mass is 324 g/mol. The van der Waals surface area contributed by atoms with Crippen LogP contribution >= 0.6 is 15.9 Å². The van der Waals surface area contributed by atoms with Crippen LogP contribution in [0.3, 0.4) is 0 Å². The van der Waals surface area contributed by atoms with Crippen molar-refractivity contribution in [2.75, 3.05) is 0 Å². The Morgan fingerprint density at radius 2 is 1.90 bits per heavy atom. The Hall–Kier alpha value is -1.56. The Balaban J connectivity index is 1.98. The summed E-state index contributed by atoms with van der Waals surface area (Å²) in [7, 11) is 0. The second-order valence-corrected chi connectivity index (χ2v) is 6.31. The Labute approximate surface area is 129 Å². The van der Waals surface area contributed by atoms with Crippen molar-refractivity contribution < 1.29 is 0 Å². The normalized spacial score (nSPS) is 13.7. The molecule has 0 radical (unpaired) electrons. The van der Waals surface area contributed by atoms with Gasteiger partial charge in [0.2, 0.25) is 0 Å². The highest BCUT2D eigenvalue weighted by Gasteiger charge is 2.26. The van der Waals surface area contributed by atoms with Gasteiger partial charge >= 0.3 is 0 Å². The van der Waals surface area contributed by atoms with Crippen LogP contribution < -0.4 is 0 Å². The van der Waals surface area contributed by atoms with Gasteiger partial charge in [-0.05, 0) is 55.0 Å². The molecule has 0 saturated heterocycles. The van der Waals surface area contributed by atoms with Crippen LogP contribution in [0.15, 0.2) is 58.7 Å². The first-order chi connectivity index (χ1) is 9.72. The highest BCUT2D eigenvalue weighted by atomic mass is 79.9. The molecule has 0 aliphatic heterocycles. The van der Waals surface area contributed by atoms with Crippen LogP contribution in [0.2, 0.25) is 0 Å². The fraction of sp³-hybridized carbons (Fsp3) is 0.211. The van der Waals surface area contributed by atoms with Crippen molar-refractivity contribution in [3.8, 4) is 0 Å². The van der Waals surface area contributed by atoms with E-state index in [4.69, 9.17) is 0 Å². The fourth-order valence-electron chi connectivity index (χ4n) is 2.34. The summed E-state index contributed by atoms with van der Waals surface area (Å²) in [4.78, 5) is 0. The van der Waals surface area contributed by atoms with Gasteiger partial charge in [-0.25, -0.2) is 0 Å². The summed E-state index contributed by atoms with van der Waals surface area (Å²) in [5.41, 5.74) is 8.72. The zero-order valence-electron chi connectivity index (χ0n) is 11.6. The lowest BCUT2D eigenvalue weighted by atomic mass is 10.00. The highest BCUT2D eigenvalue weighted by molar-refractivity contribution is 9.10. The van der Waals surface area contributed by atoms with Crippen molar-refractivity contribution in [3.05, 3.63) is 75.4 Å². The standard InChI is InChI=1S/C19H17Br/c1-14-3-2-4-17(13-14)19(16-8-9-16)12-7-15-5-10-18(20)11-6-15/h2-7,10-11,13,16H,8-9H2,1H3. The van der Waals surface area contributed by atoms with Crippen molar-refractivity contribution in [1.82, 2.24) is 0 Å². The molecule has 0 N–H and O–H groups in total. The van der Waals surface area contributed by atoms with Crippen molar-refractivity contribution in [3.63, 3.8) is 0 Å². The summed E-state index contributed by atoms with van der Waals surface area (Å²) >= 11 is 3.46. The number of allylic oxidation sites excluding steroid dienone is 1. The van der Waals surface area contributed by atoms with Gasteiger partial charge in [0.25, 0.3) is 0 Å². The Bertz CT molecular complexity index is 669. The Morgan fingerprint density at radius 3 is 2.55 bits per heavy atom. The maximum atomic E-state index is 3.54. The predicted molar refractivity (Wildman–Crippen MR) is 89.4 cm³/mol. The van der Waals surface area contributed by atoms with Crippen LogP contribution in [0, 0.1) is 12.8 Å². The van der Waals surface area contributed by atoms with Crippen molar-refractivity contribution in [2.24, 2.45) is 5.92 Å². The van der Waals surface area contributed by atoms with Crippen molar-refractivity contribution >= 4 is 27.6 Å². The molecule has 3 rings (SSSR count). The highest BCUT2D eigenvalue weighted by Crippen LogP contribution is 2.41. The van der Waals surface area contributed by atoms with Crippen LogP contribution in [0.25, 0.3) is 11.6 Å². The molecule has 1 saturated carbocycles. The van der Waals surface area contributed by atoms with Crippen molar-refractivity contribution in [1.29, 1.82) is 0 Å². The van der Waals surface area contributed by atoms with E-state index in [1.807, 2.05) is 0 Å². The third kappa shape index (κ3) is 3.30. The first kappa shape index (κ1) is 13.4. The molecule has 1 fully saturated rings. The van der Waals surface area contributed by atoms with E-state index < -0.39 is 0 Å². The molecule has 1 heteroatoms. The largest absolute Gasteiger partial charge is 0.116 e.